The van der Waals surface area contributed by atoms with Gasteiger partial charge < -0.3 is 9.64 Å². The Kier molecular flexibility index (Phi) is 7.79. The van der Waals surface area contributed by atoms with Gasteiger partial charge in [-0.05, 0) is 32.1 Å². The molecule has 2 rings (SSSR count). The lowest BCUT2D eigenvalue weighted by Gasteiger charge is -2.35. The van der Waals surface area contributed by atoms with Gasteiger partial charge in [0.15, 0.2) is 0 Å². The van der Waals surface area contributed by atoms with Crippen molar-refractivity contribution >= 4 is 5.97 Å². The molecule has 1 aliphatic carbocycles. The number of likely N-dealkylation sites (tertiary alicyclic amines) is 1. The van der Waals surface area contributed by atoms with E-state index in [4.69, 9.17) is 11.2 Å². The van der Waals surface area contributed by atoms with Crippen LogP contribution in [-0.4, -0.2) is 29.6 Å². The van der Waals surface area contributed by atoms with E-state index in [9.17, 15) is 4.79 Å². The van der Waals surface area contributed by atoms with Gasteiger partial charge in [-0.1, -0.05) is 51.9 Å². The fourth-order valence-electron chi connectivity index (χ4n) is 4.18. The first-order valence-corrected chi connectivity index (χ1v) is 9.68. The number of carbonyl (C=O) groups excluding carboxylic acids is 1. The Bertz CT molecular complexity index is 401. The average molecular weight is 319 g/mol. The lowest BCUT2D eigenvalue weighted by Crippen LogP contribution is -2.40. The highest BCUT2D eigenvalue weighted by atomic mass is 16.5. The number of nitrogens with zero attached hydrogens (tertiary/aromatic N) is 1. The number of fused-ring (bicyclic) bond motifs is 1. The molecule has 3 atom stereocenters. The van der Waals surface area contributed by atoms with Crippen molar-refractivity contribution in [3.8, 4) is 12.5 Å². The van der Waals surface area contributed by atoms with Crippen LogP contribution in [0.4, 0.5) is 0 Å². The Hall–Kier alpha value is -1.17. The molecule has 0 unspecified atom stereocenters. The lowest BCUT2D eigenvalue weighted by molar-refractivity contribution is -0.154. The van der Waals surface area contributed by atoms with Crippen LogP contribution in [0.15, 0.2) is 0 Å². The number of rotatable bonds is 9. The van der Waals surface area contributed by atoms with Gasteiger partial charge in [-0.3, -0.25) is 4.79 Å². The molecule has 3 nitrogen and oxygen atoms in total. The van der Waals surface area contributed by atoms with Crippen molar-refractivity contribution < 1.29 is 9.53 Å². The summed E-state index contributed by atoms with van der Waals surface area (Å²) in [4.78, 5) is 14.2. The summed E-state index contributed by atoms with van der Waals surface area (Å²) in [5, 5.41) is 0. The Morgan fingerprint density at radius 2 is 1.87 bits per heavy atom. The monoisotopic (exact) mass is 319 g/mol. The Morgan fingerprint density at radius 1 is 1.13 bits per heavy atom. The molecule has 0 radical (unpaired) electrons. The fraction of sp³-hybridized carbons (Fsp3) is 0.850. The number of ether oxygens (including phenoxy) is 1. The van der Waals surface area contributed by atoms with Crippen LogP contribution in [-0.2, 0) is 9.53 Å². The van der Waals surface area contributed by atoms with Gasteiger partial charge in [0, 0.05) is 31.0 Å². The fourth-order valence-corrected chi connectivity index (χ4v) is 4.18. The minimum atomic E-state index is 0.00312. The Balaban J connectivity index is 1.62. The molecule has 0 spiro atoms. The first-order chi connectivity index (χ1) is 11.3. The highest BCUT2D eigenvalue weighted by Crippen LogP contribution is 2.37. The molecule has 1 saturated carbocycles. The zero-order chi connectivity index (χ0) is 16.5. The molecule has 0 aromatic carbocycles. The third-order valence-electron chi connectivity index (χ3n) is 5.50. The van der Waals surface area contributed by atoms with Gasteiger partial charge in [0.2, 0.25) is 0 Å². The van der Waals surface area contributed by atoms with Crippen LogP contribution in [0.5, 0.6) is 0 Å². The molecule has 0 aromatic heterocycles. The predicted octanol–water partition coefficient (Wildman–Crippen LogP) is 4.50. The van der Waals surface area contributed by atoms with Gasteiger partial charge in [0.1, 0.15) is 6.10 Å². The van der Waals surface area contributed by atoms with Gasteiger partial charge in [-0.25, -0.2) is 0 Å². The number of carbonyl (C=O) groups is 1. The van der Waals surface area contributed by atoms with Crippen molar-refractivity contribution in [1.29, 1.82) is 0 Å². The second-order valence-electron chi connectivity index (χ2n) is 7.17. The quantitative estimate of drug-likeness (QED) is 0.356. The Morgan fingerprint density at radius 3 is 2.61 bits per heavy atom. The molecule has 23 heavy (non-hydrogen) atoms. The molecule has 1 heterocycles. The van der Waals surface area contributed by atoms with E-state index in [0.29, 0.717) is 18.4 Å². The summed E-state index contributed by atoms with van der Waals surface area (Å²) in [7, 11) is 0. The maximum Gasteiger partial charge on any atom is 0.306 e. The zero-order valence-corrected chi connectivity index (χ0v) is 14.8. The molecule has 130 valence electrons. The van der Waals surface area contributed by atoms with E-state index in [2.05, 4.69) is 17.9 Å². The van der Waals surface area contributed by atoms with Crippen LogP contribution in [0.1, 0.15) is 84.0 Å². The molecular formula is C20H33NO2. The smallest absolute Gasteiger partial charge is 0.306 e. The van der Waals surface area contributed by atoms with Crippen molar-refractivity contribution in [2.45, 2.75) is 96.1 Å². The third-order valence-corrected chi connectivity index (χ3v) is 5.50. The minimum absolute atomic E-state index is 0.00312. The number of terminal acetylenes is 1. The second-order valence-corrected chi connectivity index (χ2v) is 7.17. The molecule has 1 saturated heterocycles. The largest absolute Gasteiger partial charge is 0.462 e. The maximum atomic E-state index is 12.1. The average Bonchev–Trinajstić information content (AvgIpc) is 2.98. The van der Waals surface area contributed by atoms with E-state index in [1.807, 2.05) is 0 Å². The molecule has 2 fully saturated rings. The summed E-state index contributed by atoms with van der Waals surface area (Å²) >= 11 is 0. The summed E-state index contributed by atoms with van der Waals surface area (Å²) in [6, 6.07) is 3.23. The molecule has 0 N–H and O–H groups in total. The molecule has 3 heteroatoms. The van der Waals surface area contributed by atoms with Gasteiger partial charge >= 0.3 is 5.97 Å². The first-order valence-electron chi connectivity index (χ1n) is 9.68. The van der Waals surface area contributed by atoms with E-state index in [-0.39, 0.29) is 12.1 Å². The first kappa shape index (κ1) is 18.2. The molecule has 2 aliphatic rings. The molecule has 0 amide bonds. The number of hydrogen-bond acceptors (Lipinski definition) is 3. The van der Waals surface area contributed by atoms with Crippen LogP contribution in [0, 0.1) is 18.4 Å². The van der Waals surface area contributed by atoms with Crippen LogP contribution >= 0.6 is 0 Å². The minimum Gasteiger partial charge on any atom is -0.462 e. The van der Waals surface area contributed by atoms with Gasteiger partial charge in [0.05, 0.1) is 0 Å². The van der Waals surface area contributed by atoms with Gasteiger partial charge in [0.25, 0.3) is 0 Å². The molecule has 1 aliphatic heterocycles. The highest BCUT2D eigenvalue weighted by Gasteiger charge is 2.42. The highest BCUT2D eigenvalue weighted by molar-refractivity contribution is 5.69. The number of hydrogen-bond donors (Lipinski definition) is 0. The van der Waals surface area contributed by atoms with E-state index in [0.717, 1.165) is 45.1 Å². The standard InChI is InChI=1S/C20H33NO2/c1-3-5-6-7-8-9-10-14-20(22)23-19-13-11-12-18-17(19)15-16-21(18)4-2/h2,17-19H,3,5-16H2,1H3/t17-,18-,19+/m1/s1. The van der Waals surface area contributed by atoms with Gasteiger partial charge in [-0.2, -0.15) is 0 Å². The van der Waals surface area contributed by atoms with E-state index < -0.39 is 0 Å². The molecule has 0 aromatic rings. The maximum absolute atomic E-state index is 12.1. The van der Waals surface area contributed by atoms with Gasteiger partial charge in [-0.15, -0.1) is 0 Å². The van der Waals surface area contributed by atoms with Crippen molar-refractivity contribution in [3.63, 3.8) is 0 Å². The molecule has 0 bridgehead atoms. The number of esters is 1. The van der Waals surface area contributed by atoms with Crippen LogP contribution in [0.3, 0.4) is 0 Å². The van der Waals surface area contributed by atoms with Crippen LogP contribution < -0.4 is 0 Å². The van der Waals surface area contributed by atoms with Crippen LogP contribution in [0.2, 0.25) is 0 Å². The topological polar surface area (TPSA) is 29.5 Å². The predicted molar refractivity (Wildman–Crippen MR) is 93.8 cm³/mol. The second kappa shape index (κ2) is 9.85. The van der Waals surface area contributed by atoms with Crippen molar-refractivity contribution in [2.24, 2.45) is 5.92 Å². The van der Waals surface area contributed by atoms with Crippen molar-refractivity contribution in [1.82, 2.24) is 4.90 Å². The van der Waals surface area contributed by atoms with E-state index in [1.165, 1.54) is 32.1 Å². The summed E-state index contributed by atoms with van der Waals surface area (Å²) in [6.45, 7) is 3.19. The summed E-state index contributed by atoms with van der Waals surface area (Å²) in [5.74, 6) is 0.459. The summed E-state index contributed by atoms with van der Waals surface area (Å²) < 4.78 is 5.81. The lowest BCUT2D eigenvalue weighted by atomic mass is 9.82. The number of unbranched alkanes of at least 4 members (excludes halogenated alkanes) is 6. The van der Waals surface area contributed by atoms with E-state index in [1.54, 1.807) is 0 Å². The summed E-state index contributed by atoms with van der Waals surface area (Å²) in [6.07, 6.45) is 19.3. The normalized spacial score (nSPS) is 26.6. The van der Waals surface area contributed by atoms with Crippen molar-refractivity contribution in [3.05, 3.63) is 0 Å². The zero-order valence-electron chi connectivity index (χ0n) is 14.8. The SMILES string of the molecule is C#CN1CC[C@H]2[C@@H](OC(=O)CCCCCCCCC)CCC[C@H]21. The van der Waals surface area contributed by atoms with E-state index >= 15 is 0 Å². The summed E-state index contributed by atoms with van der Waals surface area (Å²) in [5.41, 5.74) is 0. The third kappa shape index (κ3) is 5.44. The molecular weight excluding hydrogens is 286 g/mol. The van der Waals surface area contributed by atoms with Crippen molar-refractivity contribution in [2.75, 3.05) is 6.54 Å². The van der Waals surface area contributed by atoms with Crippen LogP contribution in [0.25, 0.3) is 0 Å². The Labute approximate surface area is 142 Å².